The van der Waals surface area contributed by atoms with Crippen molar-refractivity contribution in [3.63, 3.8) is 0 Å². The number of fused-ring (bicyclic) bond motifs is 1. The molecule has 5 heteroatoms. The van der Waals surface area contributed by atoms with Gasteiger partial charge in [0.05, 0.1) is 0 Å². The van der Waals surface area contributed by atoms with E-state index in [9.17, 15) is 5.11 Å². The second-order valence-corrected chi connectivity index (χ2v) is 6.99. The summed E-state index contributed by atoms with van der Waals surface area (Å²) >= 11 is 0.229. The van der Waals surface area contributed by atoms with E-state index in [1.807, 2.05) is 30.5 Å². The van der Waals surface area contributed by atoms with E-state index in [0.717, 1.165) is 16.6 Å². The molecule has 0 aliphatic carbocycles. The van der Waals surface area contributed by atoms with Crippen LogP contribution in [0.5, 0.6) is 0 Å². The summed E-state index contributed by atoms with van der Waals surface area (Å²) in [6.07, 6.45) is 3.23. The Bertz CT molecular complexity index is 678. The third-order valence-electron chi connectivity index (χ3n) is 3.12. The van der Waals surface area contributed by atoms with E-state index >= 15 is 0 Å². The second-order valence-electron chi connectivity index (χ2n) is 4.76. The van der Waals surface area contributed by atoms with Gasteiger partial charge >= 0.3 is 129 Å². The van der Waals surface area contributed by atoms with Gasteiger partial charge in [0.2, 0.25) is 0 Å². The summed E-state index contributed by atoms with van der Waals surface area (Å²) in [6.45, 7) is 0.745. The molecule has 0 amide bonds. The molecule has 3 aromatic rings. The van der Waals surface area contributed by atoms with Crippen molar-refractivity contribution in [3.8, 4) is 0 Å². The van der Waals surface area contributed by atoms with Crippen molar-refractivity contribution in [1.82, 2.24) is 4.98 Å². The number of benzene rings is 1. The molecule has 0 aliphatic heterocycles. The normalized spacial score (nSPS) is 12.8. The van der Waals surface area contributed by atoms with Crippen LogP contribution in [0.4, 0.5) is 0 Å². The van der Waals surface area contributed by atoms with Gasteiger partial charge in [-0.05, 0) is 0 Å². The van der Waals surface area contributed by atoms with Crippen LogP contribution in [-0.2, 0) is 11.3 Å². The first kappa shape index (κ1) is 14.4. The quantitative estimate of drug-likeness (QED) is 0.642. The van der Waals surface area contributed by atoms with Gasteiger partial charge in [-0.1, -0.05) is 0 Å². The Kier molecular flexibility index (Phi) is 4.78. The van der Waals surface area contributed by atoms with E-state index in [1.165, 1.54) is 9.85 Å². The SMILES string of the molecule is OC(COCc1ccco1)C[Se]c1c[nH]c2ccccc12. The number of aromatic amines is 1. The topological polar surface area (TPSA) is 58.4 Å². The van der Waals surface area contributed by atoms with Gasteiger partial charge in [0.15, 0.2) is 0 Å². The molecule has 0 radical (unpaired) electrons. The van der Waals surface area contributed by atoms with Gasteiger partial charge in [0, 0.05) is 0 Å². The minimum absolute atomic E-state index is 0.229. The Balaban J connectivity index is 1.46. The van der Waals surface area contributed by atoms with Crippen LogP contribution in [0.2, 0.25) is 5.32 Å². The van der Waals surface area contributed by atoms with Gasteiger partial charge < -0.3 is 0 Å². The van der Waals surface area contributed by atoms with Crippen molar-refractivity contribution in [3.05, 3.63) is 54.6 Å². The summed E-state index contributed by atoms with van der Waals surface area (Å²) in [5.41, 5.74) is 1.15. The second kappa shape index (κ2) is 6.96. The molecule has 0 saturated heterocycles. The molecule has 21 heavy (non-hydrogen) atoms. The van der Waals surface area contributed by atoms with E-state index in [-0.39, 0.29) is 15.0 Å². The average Bonchev–Trinajstić information content (AvgIpc) is 3.14. The fourth-order valence-electron chi connectivity index (χ4n) is 2.09. The fraction of sp³-hybridized carbons (Fsp3) is 0.250. The number of aliphatic hydroxyl groups excluding tert-OH is 1. The third kappa shape index (κ3) is 3.77. The molecule has 0 bridgehead atoms. The number of hydrogen-bond donors (Lipinski definition) is 2. The Hall–Kier alpha value is -1.52. The Morgan fingerprint density at radius 1 is 1.24 bits per heavy atom. The maximum atomic E-state index is 10.00. The van der Waals surface area contributed by atoms with Crippen molar-refractivity contribution in [1.29, 1.82) is 0 Å². The van der Waals surface area contributed by atoms with Gasteiger partial charge in [0.25, 0.3) is 0 Å². The molecule has 1 atom stereocenters. The standard InChI is InChI=1S/C16H17NO3Se/c18-12(9-19-10-13-4-3-7-20-13)11-21-16-8-17-15-6-2-1-5-14(15)16/h1-8,12,17-18H,9-11H2. The zero-order valence-corrected chi connectivity index (χ0v) is 13.2. The van der Waals surface area contributed by atoms with Crippen LogP contribution in [0, 0.1) is 0 Å². The minimum atomic E-state index is -0.436. The van der Waals surface area contributed by atoms with Crippen LogP contribution in [0.1, 0.15) is 5.76 Å². The van der Waals surface area contributed by atoms with Gasteiger partial charge in [-0.3, -0.25) is 0 Å². The molecule has 2 N–H and O–H groups in total. The predicted octanol–water partition coefficient (Wildman–Crippen LogP) is 2.09. The Labute approximate surface area is 129 Å². The number of hydrogen-bond acceptors (Lipinski definition) is 3. The first-order chi connectivity index (χ1) is 10.3. The van der Waals surface area contributed by atoms with Crippen molar-refractivity contribution in [2.75, 3.05) is 6.61 Å². The molecular weight excluding hydrogens is 333 g/mol. The first-order valence-electron chi connectivity index (χ1n) is 6.80. The molecule has 0 fully saturated rings. The van der Waals surface area contributed by atoms with E-state index in [0.29, 0.717) is 13.2 Å². The van der Waals surface area contributed by atoms with Crippen molar-refractivity contribution < 1.29 is 14.3 Å². The molecule has 110 valence electrons. The number of furan rings is 1. The van der Waals surface area contributed by atoms with E-state index in [1.54, 1.807) is 6.26 Å². The Morgan fingerprint density at radius 2 is 2.14 bits per heavy atom. The van der Waals surface area contributed by atoms with Crippen LogP contribution in [0.25, 0.3) is 10.9 Å². The van der Waals surface area contributed by atoms with Gasteiger partial charge in [-0.25, -0.2) is 0 Å². The number of rotatable bonds is 7. The van der Waals surface area contributed by atoms with E-state index in [2.05, 4.69) is 17.1 Å². The fourth-order valence-corrected chi connectivity index (χ4v) is 4.07. The number of nitrogens with one attached hydrogen (secondary N) is 1. The molecule has 2 aromatic heterocycles. The summed E-state index contributed by atoms with van der Waals surface area (Å²) < 4.78 is 11.9. The molecule has 0 aliphatic rings. The molecule has 0 spiro atoms. The van der Waals surface area contributed by atoms with Crippen molar-refractivity contribution in [2.24, 2.45) is 0 Å². The molecule has 1 aromatic carbocycles. The summed E-state index contributed by atoms with van der Waals surface area (Å²) in [5, 5.41) is 12.0. The van der Waals surface area contributed by atoms with Crippen LogP contribution in [0.15, 0.2) is 53.3 Å². The third-order valence-corrected chi connectivity index (χ3v) is 5.64. The first-order valence-corrected chi connectivity index (χ1v) is 8.87. The molecular formula is C16H17NO3Se. The number of ether oxygens (including phenoxy) is 1. The summed E-state index contributed by atoms with van der Waals surface area (Å²) in [5.74, 6) is 0.782. The zero-order valence-electron chi connectivity index (χ0n) is 11.5. The summed E-state index contributed by atoms with van der Waals surface area (Å²) in [4.78, 5) is 3.26. The maximum absolute atomic E-state index is 10.00. The monoisotopic (exact) mass is 351 g/mol. The number of aliphatic hydroxyl groups is 1. The summed E-state index contributed by atoms with van der Waals surface area (Å²) in [6, 6.07) is 11.9. The van der Waals surface area contributed by atoms with Crippen molar-refractivity contribution in [2.45, 2.75) is 18.0 Å². The Morgan fingerprint density at radius 3 is 3.00 bits per heavy atom. The van der Waals surface area contributed by atoms with Gasteiger partial charge in [-0.2, -0.15) is 0 Å². The van der Waals surface area contributed by atoms with Crippen LogP contribution in [-0.4, -0.2) is 37.8 Å². The summed E-state index contributed by atoms with van der Waals surface area (Å²) in [7, 11) is 0. The number of aromatic nitrogens is 1. The van der Waals surface area contributed by atoms with Gasteiger partial charge in [-0.15, -0.1) is 0 Å². The van der Waals surface area contributed by atoms with E-state index in [4.69, 9.17) is 9.15 Å². The van der Waals surface area contributed by atoms with Crippen LogP contribution in [0.3, 0.4) is 0 Å². The number of H-pyrrole nitrogens is 1. The zero-order chi connectivity index (χ0) is 14.5. The molecule has 2 heterocycles. The van der Waals surface area contributed by atoms with Crippen LogP contribution < -0.4 is 4.46 Å². The van der Waals surface area contributed by atoms with Crippen LogP contribution >= 0.6 is 0 Å². The molecule has 4 nitrogen and oxygen atoms in total. The van der Waals surface area contributed by atoms with Crippen molar-refractivity contribution >= 4 is 30.3 Å². The average molecular weight is 350 g/mol. The molecule has 0 saturated carbocycles. The van der Waals surface area contributed by atoms with E-state index < -0.39 is 6.10 Å². The predicted molar refractivity (Wildman–Crippen MR) is 82.9 cm³/mol. The molecule has 3 rings (SSSR count). The number of para-hydroxylation sites is 1. The molecule has 1 unspecified atom stereocenters. The van der Waals surface area contributed by atoms with Gasteiger partial charge in [0.1, 0.15) is 0 Å².